The molecule has 2 fully saturated rings. The van der Waals surface area contributed by atoms with Gasteiger partial charge in [0.15, 0.2) is 21.7 Å². The number of hydrogen-bond acceptors (Lipinski definition) is 7. The van der Waals surface area contributed by atoms with Crippen LogP contribution in [0.25, 0.3) is 0 Å². The molecule has 0 saturated carbocycles. The van der Waals surface area contributed by atoms with Crippen LogP contribution >= 0.6 is 0 Å². The fraction of sp³-hybridized carbons (Fsp3) is 0.400. The average Bonchev–Trinajstić information content (AvgIpc) is 2.70. The zero-order chi connectivity index (χ0) is 18.4. The lowest BCUT2D eigenvalue weighted by Gasteiger charge is -2.35. The summed E-state index contributed by atoms with van der Waals surface area (Å²) in [6, 6.07) is 1.57. The van der Waals surface area contributed by atoms with Crippen molar-refractivity contribution >= 4 is 33.7 Å². The molecule has 2 saturated heterocycles. The highest BCUT2D eigenvalue weighted by Crippen LogP contribution is 2.45. The number of ketones is 1. The molecule has 3 rings (SSSR count). The van der Waals surface area contributed by atoms with Crippen LogP contribution in [0.5, 0.6) is 0 Å². The molecule has 0 aromatic carbocycles. The third-order valence-electron chi connectivity index (χ3n) is 4.54. The normalized spacial score (nSPS) is 30.1. The zero-order valence-electron chi connectivity index (χ0n) is 13.2. The minimum atomic E-state index is -3.97. The van der Waals surface area contributed by atoms with E-state index in [0.29, 0.717) is 5.56 Å². The number of carboxylic acids is 1. The first-order valence-corrected chi connectivity index (χ1v) is 8.96. The van der Waals surface area contributed by atoms with Gasteiger partial charge in [-0.3, -0.25) is 19.6 Å². The van der Waals surface area contributed by atoms with E-state index in [1.807, 2.05) is 0 Å². The van der Waals surface area contributed by atoms with Crippen LogP contribution in [-0.4, -0.2) is 70.0 Å². The minimum absolute atomic E-state index is 0.232. The fourth-order valence-electron chi connectivity index (χ4n) is 3.13. The van der Waals surface area contributed by atoms with Gasteiger partial charge in [-0.15, -0.1) is 0 Å². The number of carbonyl (C=O) groups excluding carboxylic acids is 2. The lowest BCUT2D eigenvalue weighted by Crippen LogP contribution is -2.57. The molecule has 9 nitrogen and oxygen atoms in total. The Labute approximate surface area is 143 Å². The first-order valence-electron chi connectivity index (χ1n) is 7.42. The van der Waals surface area contributed by atoms with Gasteiger partial charge in [0.1, 0.15) is 16.7 Å². The summed E-state index contributed by atoms with van der Waals surface area (Å²) in [6.07, 6.45) is 3.60. The van der Waals surface area contributed by atoms with Crippen molar-refractivity contribution in [2.75, 3.05) is 6.54 Å². The molecule has 0 bridgehead atoms. The van der Waals surface area contributed by atoms with Crippen molar-refractivity contribution in [2.24, 2.45) is 4.99 Å². The molecular weight excluding hydrogens is 350 g/mol. The third-order valence-corrected chi connectivity index (χ3v) is 7.20. The summed E-state index contributed by atoms with van der Waals surface area (Å²) in [4.78, 5) is 43.8. The molecule has 0 aliphatic carbocycles. The molecule has 0 radical (unpaired) electrons. The summed E-state index contributed by atoms with van der Waals surface area (Å²) in [5, 5.41) is 8.27. The van der Waals surface area contributed by atoms with Gasteiger partial charge in [-0.25, -0.2) is 13.2 Å². The molecule has 3 heterocycles. The van der Waals surface area contributed by atoms with Crippen LogP contribution in [0, 0.1) is 0 Å². The zero-order valence-corrected chi connectivity index (χ0v) is 14.0. The van der Waals surface area contributed by atoms with Gasteiger partial charge in [0.2, 0.25) is 5.91 Å². The van der Waals surface area contributed by atoms with Crippen molar-refractivity contribution in [1.29, 1.82) is 0 Å². The molecule has 0 spiro atoms. The van der Waals surface area contributed by atoms with Crippen LogP contribution in [0.15, 0.2) is 29.5 Å². The number of carbonyl (C=O) groups is 3. The maximum Gasteiger partial charge on any atom is 0.328 e. The van der Waals surface area contributed by atoms with Crippen molar-refractivity contribution in [3.8, 4) is 0 Å². The molecule has 2 aliphatic heterocycles. The van der Waals surface area contributed by atoms with E-state index in [9.17, 15) is 27.9 Å². The van der Waals surface area contributed by atoms with Crippen LogP contribution in [0.2, 0.25) is 0 Å². The quantitative estimate of drug-likeness (QED) is 0.423. The lowest BCUT2D eigenvalue weighted by molar-refractivity contribution is -0.156. The van der Waals surface area contributed by atoms with E-state index in [2.05, 4.69) is 9.98 Å². The monoisotopic (exact) mass is 365 g/mol. The highest BCUT2D eigenvalue weighted by molar-refractivity contribution is 7.94. The van der Waals surface area contributed by atoms with E-state index >= 15 is 0 Å². The standard InChI is InChI=1S/C15H15N3O6S/c1-15(8-17-7-10(19)9-3-2-4-16-6-9)13(14(21)22)18-11(20)5-12(18)25(15,23)24/h2-4,6,8,12-13H,5,7H2,1H3,(H,21,22)/t12-,13+,15+/m1/s1. The van der Waals surface area contributed by atoms with Crippen LogP contribution in [0.1, 0.15) is 23.7 Å². The Hall–Kier alpha value is -2.62. The van der Waals surface area contributed by atoms with Gasteiger partial charge < -0.3 is 10.0 Å². The first-order chi connectivity index (χ1) is 11.7. The summed E-state index contributed by atoms with van der Waals surface area (Å²) >= 11 is 0. The molecule has 132 valence electrons. The van der Waals surface area contributed by atoms with Crippen molar-refractivity contribution in [2.45, 2.75) is 29.5 Å². The Morgan fingerprint density at radius 3 is 2.80 bits per heavy atom. The van der Waals surface area contributed by atoms with Gasteiger partial charge in [0.05, 0.1) is 6.42 Å². The first kappa shape index (κ1) is 17.2. The number of amides is 1. The SMILES string of the molecule is C[C@]1(C=NCC(=O)c2cccnc2)[C@H](C(=O)O)N2C(=O)C[C@H]2S1(=O)=O. The number of Topliss-reactive ketones (excluding diaryl/α,β-unsaturated/α-hetero) is 1. The number of hydrogen-bond donors (Lipinski definition) is 1. The van der Waals surface area contributed by atoms with E-state index < -0.39 is 37.9 Å². The molecule has 10 heteroatoms. The van der Waals surface area contributed by atoms with Gasteiger partial charge in [-0.05, 0) is 19.1 Å². The number of nitrogens with zero attached hydrogens (tertiary/aromatic N) is 3. The highest BCUT2D eigenvalue weighted by Gasteiger charge is 2.69. The van der Waals surface area contributed by atoms with E-state index in [1.54, 1.807) is 12.1 Å². The van der Waals surface area contributed by atoms with Gasteiger partial charge >= 0.3 is 5.97 Å². The topological polar surface area (TPSA) is 134 Å². The molecule has 25 heavy (non-hydrogen) atoms. The van der Waals surface area contributed by atoms with Crippen molar-refractivity contribution in [1.82, 2.24) is 9.88 Å². The number of β-lactam (4-membered cyclic amide) rings is 1. The number of fused-ring (bicyclic) bond motifs is 1. The number of aliphatic carboxylic acids is 1. The predicted molar refractivity (Wildman–Crippen MR) is 85.9 cm³/mol. The van der Waals surface area contributed by atoms with E-state index in [0.717, 1.165) is 11.1 Å². The number of sulfone groups is 1. The van der Waals surface area contributed by atoms with Crippen LogP contribution in [-0.2, 0) is 19.4 Å². The molecule has 1 N–H and O–H groups in total. The van der Waals surface area contributed by atoms with Crippen molar-refractivity contribution in [3.05, 3.63) is 30.1 Å². The fourth-order valence-corrected chi connectivity index (χ4v) is 5.37. The molecule has 1 aromatic heterocycles. The average molecular weight is 365 g/mol. The van der Waals surface area contributed by atoms with Gasteiger partial charge in [-0.1, -0.05) is 0 Å². The van der Waals surface area contributed by atoms with Gasteiger partial charge in [0.25, 0.3) is 0 Å². The second kappa shape index (κ2) is 5.73. The number of carboxylic acid groups (broad SMARTS) is 1. The van der Waals surface area contributed by atoms with Crippen molar-refractivity contribution < 1.29 is 27.9 Å². The Morgan fingerprint density at radius 1 is 1.52 bits per heavy atom. The van der Waals surface area contributed by atoms with E-state index in [1.165, 1.54) is 19.3 Å². The second-order valence-corrected chi connectivity index (χ2v) is 8.58. The number of aromatic nitrogens is 1. The largest absolute Gasteiger partial charge is 0.480 e. The molecule has 1 aromatic rings. The molecule has 2 aliphatic rings. The predicted octanol–water partition coefficient (Wildman–Crippen LogP) is -0.466. The Balaban J connectivity index is 1.87. The lowest BCUT2D eigenvalue weighted by atomic mass is 9.97. The molecule has 3 atom stereocenters. The maximum atomic E-state index is 12.6. The Bertz CT molecular complexity index is 882. The molecule has 1 amide bonds. The van der Waals surface area contributed by atoms with Gasteiger partial charge in [-0.2, -0.15) is 0 Å². The van der Waals surface area contributed by atoms with Crippen molar-refractivity contribution in [3.63, 3.8) is 0 Å². The Kier molecular flexibility index (Phi) is 3.94. The summed E-state index contributed by atoms with van der Waals surface area (Å²) < 4.78 is 23.4. The second-order valence-electron chi connectivity index (χ2n) is 6.06. The molecule has 0 unspecified atom stereocenters. The van der Waals surface area contributed by atoms with Gasteiger partial charge in [0, 0.05) is 24.2 Å². The summed E-state index contributed by atoms with van der Waals surface area (Å²) in [5.74, 6) is -2.33. The smallest absolute Gasteiger partial charge is 0.328 e. The number of pyridine rings is 1. The van der Waals surface area contributed by atoms with E-state index in [-0.39, 0.29) is 18.7 Å². The van der Waals surface area contributed by atoms with Crippen LogP contribution < -0.4 is 0 Å². The minimum Gasteiger partial charge on any atom is -0.480 e. The Morgan fingerprint density at radius 2 is 2.24 bits per heavy atom. The highest BCUT2D eigenvalue weighted by atomic mass is 32.2. The van der Waals surface area contributed by atoms with Crippen LogP contribution in [0.3, 0.4) is 0 Å². The summed E-state index contributed by atoms with van der Waals surface area (Å²) in [5.41, 5.74) is 0.313. The maximum absolute atomic E-state index is 12.6. The van der Waals surface area contributed by atoms with E-state index in [4.69, 9.17) is 0 Å². The number of rotatable bonds is 5. The molecular formula is C15H15N3O6S. The summed E-state index contributed by atoms with van der Waals surface area (Å²) in [7, 11) is -3.97. The third kappa shape index (κ3) is 2.44. The van der Waals surface area contributed by atoms with Crippen LogP contribution in [0.4, 0.5) is 0 Å². The summed E-state index contributed by atoms with van der Waals surface area (Å²) in [6.45, 7) is 0.868. The number of aliphatic imine (C=N–C) groups is 1.